The number of rotatable bonds is 7. The number of nitrogens with zero attached hydrogens (tertiary/aromatic N) is 1. The molecule has 4 heteroatoms. The fourth-order valence-corrected chi connectivity index (χ4v) is 2.03. The van der Waals surface area contributed by atoms with Crippen molar-refractivity contribution in [2.75, 3.05) is 27.8 Å². The summed E-state index contributed by atoms with van der Waals surface area (Å²) in [6, 6.07) is 6.16. The summed E-state index contributed by atoms with van der Waals surface area (Å²) in [7, 11) is 5.42. The molecule has 0 aliphatic heterocycles. The molecule has 0 amide bonds. The Morgan fingerprint density at radius 1 is 1.26 bits per heavy atom. The molecule has 2 unspecified atom stereocenters. The third kappa shape index (κ3) is 4.11. The maximum atomic E-state index is 6.31. The second kappa shape index (κ2) is 7.36. The van der Waals surface area contributed by atoms with Crippen LogP contribution in [0.5, 0.6) is 11.5 Å². The minimum atomic E-state index is -0.0935. The number of methoxy groups -OCH3 is 2. The highest BCUT2D eigenvalue weighted by atomic mass is 16.5. The van der Waals surface area contributed by atoms with E-state index in [-0.39, 0.29) is 6.04 Å². The van der Waals surface area contributed by atoms with Crippen molar-refractivity contribution in [3.8, 4) is 11.5 Å². The first-order chi connectivity index (χ1) is 9.03. The lowest BCUT2D eigenvalue weighted by molar-refractivity contribution is 0.236. The highest BCUT2D eigenvalue weighted by Crippen LogP contribution is 2.28. The van der Waals surface area contributed by atoms with Crippen LogP contribution in [0.15, 0.2) is 18.2 Å². The molecule has 19 heavy (non-hydrogen) atoms. The van der Waals surface area contributed by atoms with Gasteiger partial charge in [0, 0.05) is 24.2 Å². The van der Waals surface area contributed by atoms with Crippen molar-refractivity contribution < 1.29 is 9.47 Å². The SMILES string of the molecule is CCC(C)N(C)CC(N)c1cc(OC)ccc1OC. The van der Waals surface area contributed by atoms with E-state index in [1.165, 1.54) is 0 Å². The largest absolute Gasteiger partial charge is 0.497 e. The van der Waals surface area contributed by atoms with Crippen molar-refractivity contribution in [2.24, 2.45) is 5.73 Å². The molecule has 0 fully saturated rings. The first kappa shape index (κ1) is 15.8. The summed E-state index contributed by atoms with van der Waals surface area (Å²) in [4.78, 5) is 2.27. The fourth-order valence-electron chi connectivity index (χ4n) is 2.03. The Balaban J connectivity index is 2.88. The topological polar surface area (TPSA) is 47.7 Å². The Kier molecular flexibility index (Phi) is 6.12. The molecular formula is C15H26N2O2. The number of ether oxygens (including phenoxy) is 2. The molecule has 0 aliphatic carbocycles. The summed E-state index contributed by atoms with van der Waals surface area (Å²) in [6.45, 7) is 5.17. The van der Waals surface area contributed by atoms with E-state index >= 15 is 0 Å². The maximum absolute atomic E-state index is 6.31. The molecule has 0 aromatic heterocycles. The van der Waals surface area contributed by atoms with Gasteiger partial charge < -0.3 is 20.1 Å². The third-order valence-corrected chi connectivity index (χ3v) is 3.66. The van der Waals surface area contributed by atoms with Crippen LogP contribution >= 0.6 is 0 Å². The molecular weight excluding hydrogens is 240 g/mol. The molecule has 108 valence electrons. The normalized spacial score (nSPS) is 14.3. The lowest BCUT2D eigenvalue weighted by Gasteiger charge is -2.27. The molecule has 2 atom stereocenters. The second-order valence-corrected chi connectivity index (χ2v) is 4.91. The molecule has 2 N–H and O–H groups in total. The Morgan fingerprint density at radius 2 is 1.95 bits per heavy atom. The third-order valence-electron chi connectivity index (χ3n) is 3.66. The van der Waals surface area contributed by atoms with E-state index in [9.17, 15) is 0 Å². The van der Waals surface area contributed by atoms with Crippen molar-refractivity contribution in [3.63, 3.8) is 0 Å². The Labute approximate surface area is 116 Å². The predicted molar refractivity (Wildman–Crippen MR) is 78.9 cm³/mol. The van der Waals surface area contributed by atoms with Crippen molar-refractivity contribution in [1.29, 1.82) is 0 Å². The van der Waals surface area contributed by atoms with E-state index in [2.05, 4.69) is 25.8 Å². The van der Waals surface area contributed by atoms with Gasteiger partial charge in [-0.15, -0.1) is 0 Å². The Morgan fingerprint density at radius 3 is 2.47 bits per heavy atom. The van der Waals surface area contributed by atoms with Crippen LogP contribution in [0.1, 0.15) is 31.9 Å². The van der Waals surface area contributed by atoms with Crippen molar-refractivity contribution in [1.82, 2.24) is 4.90 Å². The van der Waals surface area contributed by atoms with Gasteiger partial charge in [-0.05, 0) is 38.6 Å². The number of likely N-dealkylation sites (N-methyl/N-ethyl adjacent to an activating group) is 1. The average Bonchev–Trinajstić information content (AvgIpc) is 2.45. The molecule has 0 spiro atoms. The first-order valence-electron chi connectivity index (χ1n) is 6.71. The molecule has 1 rings (SSSR count). The van der Waals surface area contributed by atoms with Gasteiger partial charge in [0.15, 0.2) is 0 Å². The van der Waals surface area contributed by atoms with E-state index in [1.807, 2.05) is 18.2 Å². The van der Waals surface area contributed by atoms with Gasteiger partial charge in [0.25, 0.3) is 0 Å². The highest BCUT2D eigenvalue weighted by Gasteiger charge is 2.17. The molecule has 0 aliphatic rings. The minimum Gasteiger partial charge on any atom is -0.497 e. The predicted octanol–water partition coefficient (Wildman–Crippen LogP) is 2.43. The molecule has 0 radical (unpaired) electrons. The number of hydrogen-bond acceptors (Lipinski definition) is 4. The standard InChI is InChI=1S/C15H26N2O2/c1-6-11(2)17(3)10-14(16)13-9-12(18-4)7-8-15(13)19-5/h7-9,11,14H,6,10,16H2,1-5H3. The number of nitrogens with two attached hydrogens (primary N) is 1. The summed E-state index contributed by atoms with van der Waals surface area (Å²) in [5.74, 6) is 1.61. The summed E-state index contributed by atoms with van der Waals surface area (Å²) >= 11 is 0. The van der Waals surface area contributed by atoms with E-state index in [1.54, 1.807) is 14.2 Å². The summed E-state index contributed by atoms with van der Waals surface area (Å²) < 4.78 is 10.6. The van der Waals surface area contributed by atoms with Gasteiger partial charge >= 0.3 is 0 Å². The van der Waals surface area contributed by atoms with E-state index < -0.39 is 0 Å². The quantitative estimate of drug-likeness (QED) is 0.823. The van der Waals surface area contributed by atoms with Crippen LogP contribution in [0.3, 0.4) is 0 Å². The van der Waals surface area contributed by atoms with E-state index in [0.29, 0.717) is 6.04 Å². The zero-order chi connectivity index (χ0) is 14.4. The van der Waals surface area contributed by atoms with Crippen molar-refractivity contribution in [2.45, 2.75) is 32.4 Å². The van der Waals surface area contributed by atoms with Crippen LogP contribution in [0.4, 0.5) is 0 Å². The van der Waals surface area contributed by atoms with Crippen molar-refractivity contribution >= 4 is 0 Å². The van der Waals surface area contributed by atoms with Crippen LogP contribution in [-0.4, -0.2) is 38.8 Å². The average molecular weight is 266 g/mol. The first-order valence-corrected chi connectivity index (χ1v) is 6.71. The van der Waals surface area contributed by atoms with E-state index in [4.69, 9.17) is 15.2 Å². The molecule has 0 saturated carbocycles. The zero-order valence-electron chi connectivity index (χ0n) is 12.6. The Hall–Kier alpha value is -1.26. The summed E-state index contributed by atoms with van der Waals surface area (Å²) in [5.41, 5.74) is 7.29. The lowest BCUT2D eigenvalue weighted by Crippen LogP contribution is -2.35. The van der Waals surface area contributed by atoms with Crippen LogP contribution in [0.2, 0.25) is 0 Å². The van der Waals surface area contributed by atoms with Gasteiger partial charge in [-0.25, -0.2) is 0 Å². The van der Waals surface area contributed by atoms with Gasteiger partial charge in [0.05, 0.1) is 14.2 Å². The minimum absolute atomic E-state index is 0.0935. The van der Waals surface area contributed by atoms with Crippen LogP contribution in [-0.2, 0) is 0 Å². The lowest BCUT2D eigenvalue weighted by atomic mass is 10.0. The molecule has 0 bridgehead atoms. The smallest absolute Gasteiger partial charge is 0.123 e. The van der Waals surface area contributed by atoms with Gasteiger partial charge in [0.1, 0.15) is 11.5 Å². The summed E-state index contributed by atoms with van der Waals surface area (Å²) in [5, 5.41) is 0. The Bertz CT molecular complexity index is 396. The van der Waals surface area contributed by atoms with Gasteiger partial charge in [0.2, 0.25) is 0 Å². The van der Waals surface area contributed by atoms with Crippen LogP contribution in [0, 0.1) is 0 Å². The summed E-state index contributed by atoms with van der Waals surface area (Å²) in [6.07, 6.45) is 1.11. The molecule has 0 saturated heterocycles. The maximum Gasteiger partial charge on any atom is 0.123 e. The molecule has 0 heterocycles. The second-order valence-electron chi connectivity index (χ2n) is 4.91. The number of hydrogen-bond donors (Lipinski definition) is 1. The molecule has 4 nitrogen and oxygen atoms in total. The van der Waals surface area contributed by atoms with Crippen LogP contribution in [0.25, 0.3) is 0 Å². The van der Waals surface area contributed by atoms with E-state index in [0.717, 1.165) is 30.0 Å². The van der Waals surface area contributed by atoms with Gasteiger partial charge in [-0.3, -0.25) is 0 Å². The monoisotopic (exact) mass is 266 g/mol. The van der Waals surface area contributed by atoms with Crippen LogP contribution < -0.4 is 15.2 Å². The zero-order valence-corrected chi connectivity index (χ0v) is 12.6. The van der Waals surface area contributed by atoms with Gasteiger partial charge in [-0.2, -0.15) is 0 Å². The van der Waals surface area contributed by atoms with Gasteiger partial charge in [-0.1, -0.05) is 6.92 Å². The fraction of sp³-hybridized carbons (Fsp3) is 0.600. The molecule has 1 aromatic carbocycles. The highest BCUT2D eigenvalue weighted by molar-refractivity contribution is 5.42. The van der Waals surface area contributed by atoms with Crippen molar-refractivity contribution in [3.05, 3.63) is 23.8 Å². The number of benzene rings is 1. The molecule has 1 aromatic rings.